The molecule has 0 aromatic heterocycles. The number of alkyl carbamates (subject to hydrolysis) is 1. The van der Waals surface area contributed by atoms with Crippen molar-refractivity contribution in [2.75, 3.05) is 53.2 Å². The van der Waals surface area contributed by atoms with Crippen LogP contribution < -0.4 is 19.5 Å². The van der Waals surface area contributed by atoms with Gasteiger partial charge in [-0.15, -0.1) is 0 Å². The Morgan fingerprint density at radius 3 is 2.67 bits per heavy atom. The van der Waals surface area contributed by atoms with Crippen LogP contribution in [-0.4, -0.2) is 69.1 Å². The van der Waals surface area contributed by atoms with Crippen LogP contribution in [0.25, 0.3) is 0 Å². The first-order valence-corrected chi connectivity index (χ1v) is 11.2. The molecule has 4 rings (SSSR count). The first-order chi connectivity index (χ1) is 16.0. The molecule has 0 radical (unpaired) electrons. The summed E-state index contributed by atoms with van der Waals surface area (Å²) in [6, 6.07) is 8.32. The highest BCUT2D eigenvalue weighted by Gasteiger charge is 2.22. The molecule has 2 aliphatic rings. The lowest BCUT2D eigenvalue weighted by Gasteiger charge is -2.34. The lowest BCUT2D eigenvalue weighted by Crippen LogP contribution is -2.47. The Bertz CT molecular complexity index is 985. The van der Waals surface area contributed by atoms with Crippen LogP contribution in [-0.2, 0) is 17.8 Å². The number of carbonyl (C=O) groups is 1. The van der Waals surface area contributed by atoms with Gasteiger partial charge in [0.05, 0.1) is 12.1 Å². The van der Waals surface area contributed by atoms with Crippen molar-refractivity contribution in [1.82, 2.24) is 15.1 Å². The summed E-state index contributed by atoms with van der Waals surface area (Å²) in [7, 11) is 1.63. The van der Waals surface area contributed by atoms with Gasteiger partial charge in [-0.25, -0.2) is 9.18 Å². The van der Waals surface area contributed by atoms with Gasteiger partial charge in [-0.3, -0.25) is 9.80 Å². The lowest BCUT2D eigenvalue weighted by atomic mass is 10.1. The van der Waals surface area contributed by atoms with Gasteiger partial charge in [-0.1, -0.05) is 17.7 Å². The van der Waals surface area contributed by atoms with Crippen molar-refractivity contribution in [1.29, 1.82) is 0 Å². The van der Waals surface area contributed by atoms with Crippen molar-refractivity contribution < 1.29 is 28.1 Å². The Kier molecular flexibility index (Phi) is 7.74. The number of ether oxygens (including phenoxy) is 4. The maximum absolute atomic E-state index is 13.2. The fourth-order valence-electron chi connectivity index (χ4n) is 3.85. The van der Waals surface area contributed by atoms with Crippen molar-refractivity contribution in [3.8, 4) is 17.2 Å². The van der Waals surface area contributed by atoms with Crippen LogP contribution in [0.3, 0.4) is 0 Å². The van der Waals surface area contributed by atoms with Crippen molar-refractivity contribution in [2.45, 2.75) is 13.1 Å². The van der Waals surface area contributed by atoms with E-state index in [0.29, 0.717) is 30.2 Å². The molecule has 1 N–H and O–H groups in total. The molecule has 8 nitrogen and oxygen atoms in total. The minimum Gasteiger partial charge on any atom is -0.493 e. The molecule has 0 atom stereocenters. The molecule has 178 valence electrons. The predicted molar refractivity (Wildman–Crippen MR) is 120 cm³/mol. The molecule has 0 unspecified atom stereocenters. The van der Waals surface area contributed by atoms with Crippen LogP contribution in [0.1, 0.15) is 11.1 Å². The molecule has 2 aromatic carbocycles. The lowest BCUT2D eigenvalue weighted by molar-refractivity contribution is 0.0925. The molecular weight excluding hydrogens is 453 g/mol. The molecule has 0 spiro atoms. The SMILES string of the molecule is COc1cc(CN2CCN(CCOC(=O)NCc3ccc(F)c(Cl)c3)CC2)cc2c1OCO2. The first kappa shape index (κ1) is 23.4. The Morgan fingerprint density at radius 1 is 1.12 bits per heavy atom. The predicted octanol–water partition coefficient (Wildman–Crippen LogP) is 3.26. The maximum Gasteiger partial charge on any atom is 0.407 e. The Morgan fingerprint density at radius 2 is 1.91 bits per heavy atom. The summed E-state index contributed by atoms with van der Waals surface area (Å²) >= 11 is 5.75. The monoisotopic (exact) mass is 479 g/mol. The Labute approximate surface area is 197 Å². The zero-order valence-corrected chi connectivity index (χ0v) is 19.2. The number of halogens is 2. The van der Waals surface area contributed by atoms with Crippen molar-refractivity contribution >= 4 is 17.7 Å². The average Bonchev–Trinajstić information content (AvgIpc) is 3.29. The third-order valence-corrected chi connectivity index (χ3v) is 5.94. The molecule has 1 fully saturated rings. The molecule has 1 saturated heterocycles. The van der Waals surface area contributed by atoms with Gasteiger partial charge in [-0.2, -0.15) is 0 Å². The first-order valence-electron chi connectivity index (χ1n) is 10.8. The average molecular weight is 480 g/mol. The van der Waals surface area contributed by atoms with E-state index in [1.165, 1.54) is 12.1 Å². The Balaban J connectivity index is 1.14. The van der Waals surface area contributed by atoms with Gasteiger partial charge in [0.15, 0.2) is 11.5 Å². The smallest absolute Gasteiger partial charge is 0.407 e. The number of methoxy groups -OCH3 is 1. The van der Waals surface area contributed by atoms with E-state index in [1.54, 1.807) is 13.2 Å². The van der Waals surface area contributed by atoms with E-state index in [0.717, 1.165) is 44.0 Å². The number of fused-ring (bicyclic) bond motifs is 1. The third-order valence-electron chi connectivity index (χ3n) is 5.65. The summed E-state index contributed by atoms with van der Waals surface area (Å²) < 4.78 is 34.8. The summed E-state index contributed by atoms with van der Waals surface area (Å²) in [6.45, 7) is 5.81. The molecule has 2 heterocycles. The largest absolute Gasteiger partial charge is 0.493 e. The van der Waals surface area contributed by atoms with Crippen LogP contribution in [0.5, 0.6) is 17.2 Å². The molecule has 0 aliphatic carbocycles. The molecule has 0 saturated carbocycles. The fourth-order valence-corrected chi connectivity index (χ4v) is 4.05. The van der Waals surface area contributed by atoms with Crippen LogP contribution in [0.4, 0.5) is 9.18 Å². The van der Waals surface area contributed by atoms with Crippen molar-refractivity contribution in [2.24, 2.45) is 0 Å². The number of amides is 1. The van der Waals surface area contributed by atoms with Crippen molar-refractivity contribution in [3.63, 3.8) is 0 Å². The van der Waals surface area contributed by atoms with Gasteiger partial charge in [0.2, 0.25) is 12.5 Å². The minimum absolute atomic E-state index is 0.0273. The summed E-state index contributed by atoms with van der Waals surface area (Å²) in [5, 5.41) is 2.67. The molecule has 2 aliphatic heterocycles. The fraction of sp³-hybridized carbons (Fsp3) is 0.435. The van der Waals surface area contributed by atoms with Gasteiger partial charge in [0, 0.05) is 45.8 Å². The van der Waals surface area contributed by atoms with Crippen LogP contribution in [0, 0.1) is 5.82 Å². The normalized spacial score (nSPS) is 16.0. The Hall–Kier alpha value is -2.75. The zero-order valence-electron chi connectivity index (χ0n) is 18.4. The highest BCUT2D eigenvalue weighted by atomic mass is 35.5. The van der Waals surface area contributed by atoms with Crippen LogP contribution in [0.2, 0.25) is 5.02 Å². The number of nitrogens with one attached hydrogen (secondary N) is 1. The summed E-state index contributed by atoms with van der Waals surface area (Å²) in [4.78, 5) is 16.5. The molecule has 2 aromatic rings. The standard InChI is InChI=1S/C23H27ClFN3O5/c1-30-20-11-17(12-21-22(20)33-15-32-21)14-28-6-4-27(5-7-28)8-9-31-23(29)26-13-16-2-3-19(25)18(24)10-16/h2-3,10-12H,4-9,13-15H2,1H3,(H,26,29). The summed E-state index contributed by atoms with van der Waals surface area (Å²) in [5.74, 6) is 1.59. The highest BCUT2D eigenvalue weighted by Crippen LogP contribution is 2.42. The van der Waals surface area contributed by atoms with E-state index < -0.39 is 11.9 Å². The van der Waals surface area contributed by atoms with Gasteiger partial charge in [0.25, 0.3) is 0 Å². The zero-order chi connectivity index (χ0) is 23.2. The number of hydrogen-bond donors (Lipinski definition) is 1. The number of piperazine rings is 1. The number of hydrogen-bond acceptors (Lipinski definition) is 7. The second kappa shape index (κ2) is 10.9. The number of rotatable bonds is 8. The second-order valence-electron chi connectivity index (χ2n) is 7.89. The minimum atomic E-state index is -0.508. The topological polar surface area (TPSA) is 72.5 Å². The number of nitrogens with zero attached hydrogens (tertiary/aromatic N) is 2. The van der Waals surface area contributed by atoms with E-state index in [2.05, 4.69) is 15.1 Å². The maximum atomic E-state index is 13.2. The molecule has 10 heteroatoms. The van der Waals surface area contributed by atoms with Crippen LogP contribution in [0.15, 0.2) is 30.3 Å². The molecule has 1 amide bonds. The quantitative estimate of drug-likeness (QED) is 0.623. The molecule has 0 bridgehead atoms. The number of benzene rings is 2. The van der Waals surface area contributed by atoms with Crippen molar-refractivity contribution in [3.05, 3.63) is 52.3 Å². The van der Waals surface area contributed by atoms with Gasteiger partial charge in [0.1, 0.15) is 12.4 Å². The van der Waals surface area contributed by atoms with Crippen LogP contribution >= 0.6 is 11.6 Å². The molecular formula is C23H27ClFN3O5. The van der Waals surface area contributed by atoms with E-state index in [9.17, 15) is 9.18 Å². The van der Waals surface area contributed by atoms with E-state index in [1.807, 2.05) is 12.1 Å². The van der Waals surface area contributed by atoms with Gasteiger partial charge >= 0.3 is 6.09 Å². The molecule has 33 heavy (non-hydrogen) atoms. The van der Waals surface area contributed by atoms with E-state index in [-0.39, 0.29) is 18.4 Å². The van der Waals surface area contributed by atoms with Gasteiger partial charge < -0.3 is 24.3 Å². The van der Waals surface area contributed by atoms with Gasteiger partial charge in [-0.05, 0) is 35.4 Å². The highest BCUT2D eigenvalue weighted by molar-refractivity contribution is 6.30. The number of carbonyl (C=O) groups excluding carboxylic acids is 1. The summed E-state index contributed by atoms with van der Waals surface area (Å²) in [5.41, 5.74) is 1.82. The second-order valence-corrected chi connectivity index (χ2v) is 8.29. The van der Waals surface area contributed by atoms with E-state index in [4.69, 9.17) is 30.5 Å². The summed E-state index contributed by atoms with van der Waals surface area (Å²) in [6.07, 6.45) is -0.508. The third kappa shape index (κ3) is 6.19. The van der Waals surface area contributed by atoms with E-state index >= 15 is 0 Å².